The molecule has 2 aromatic rings. The van der Waals surface area contributed by atoms with Crippen molar-refractivity contribution in [3.63, 3.8) is 0 Å². The molecular formula is C18H26BBrO4S2. The lowest BCUT2D eigenvalue weighted by Gasteiger charge is -1.99. The van der Waals surface area contributed by atoms with Crippen molar-refractivity contribution in [2.75, 3.05) is 0 Å². The molecule has 0 unspecified atom stereocenters. The van der Waals surface area contributed by atoms with Gasteiger partial charge in [0.25, 0.3) is 0 Å². The molecule has 0 bridgehead atoms. The van der Waals surface area contributed by atoms with Crippen molar-refractivity contribution in [2.24, 2.45) is 11.8 Å². The number of rotatable bonds is 6. The molecule has 0 aromatic carbocycles. The number of carbonyl (C=O) groups excluding carboxylic acids is 2. The zero-order chi connectivity index (χ0) is 20.1. The molecule has 144 valence electrons. The van der Waals surface area contributed by atoms with E-state index in [4.69, 9.17) is 10.0 Å². The van der Waals surface area contributed by atoms with Gasteiger partial charge in [0.1, 0.15) is 0 Å². The Hall–Kier alpha value is -0.795. The third-order valence-electron chi connectivity index (χ3n) is 2.82. The monoisotopic (exact) mass is 460 g/mol. The van der Waals surface area contributed by atoms with E-state index in [1.54, 1.807) is 6.07 Å². The number of halogens is 1. The van der Waals surface area contributed by atoms with E-state index >= 15 is 0 Å². The maximum atomic E-state index is 10.3. The molecular weight excluding hydrogens is 435 g/mol. The minimum atomic E-state index is -1.13. The summed E-state index contributed by atoms with van der Waals surface area (Å²) < 4.78 is 0.976. The highest BCUT2D eigenvalue weighted by Gasteiger charge is 2.07. The van der Waals surface area contributed by atoms with Crippen molar-refractivity contribution in [1.29, 1.82) is 0 Å². The van der Waals surface area contributed by atoms with E-state index in [0.29, 0.717) is 18.2 Å². The molecule has 2 aromatic heterocycles. The molecule has 0 fully saturated rings. The number of thiophene rings is 2. The molecule has 2 N–H and O–H groups in total. The minimum absolute atomic E-state index is 0.375. The highest BCUT2D eigenvalue weighted by Crippen LogP contribution is 2.17. The van der Waals surface area contributed by atoms with Gasteiger partial charge in [-0.1, -0.05) is 27.7 Å². The molecule has 0 saturated carbocycles. The standard InChI is InChI=1S/C9H12OS.C5H3BrOS.C4H11BO2/c1-7(2)3-8-4-9(5-10)11-6-8;6-4-1-5(2-7)8-3-4;1-4(2)3-5(6)7/h4-7H,3H2,1-2H3;1-3H;4,6-7H,3H2,1-2H3. The van der Waals surface area contributed by atoms with Crippen molar-refractivity contribution in [2.45, 2.75) is 40.4 Å². The Labute approximate surface area is 172 Å². The number of aldehydes is 2. The van der Waals surface area contributed by atoms with Crippen LogP contribution in [-0.4, -0.2) is 29.7 Å². The lowest BCUT2D eigenvalue weighted by atomic mass is 9.80. The summed E-state index contributed by atoms with van der Waals surface area (Å²) in [4.78, 5) is 21.9. The van der Waals surface area contributed by atoms with Gasteiger partial charge in [-0.2, -0.15) is 0 Å². The average Bonchev–Trinajstić information content (AvgIpc) is 3.15. The summed E-state index contributed by atoms with van der Waals surface area (Å²) in [5, 5.41) is 20.5. The average molecular weight is 461 g/mol. The Balaban J connectivity index is 0.000000373. The summed E-state index contributed by atoms with van der Waals surface area (Å²) in [6, 6.07) is 3.76. The van der Waals surface area contributed by atoms with Gasteiger partial charge in [0.2, 0.25) is 0 Å². The minimum Gasteiger partial charge on any atom is -0.427 e. The van der Waals surface area contributed by atoms with Crippen LogP contribution in [0, 0.1) is 11.8 Å². The van der Waals surface area contributed by atoms with Gasteiger partial charge in [-0.25, -0.2) is 0 Å². The maximum absolute atomic E-state index is 10.3. The highest BCUT2D eigenvalue weighted by molar-refractivity contribution is 9.10. The van der Waals surface area contributed by atoms with Crippen LogP contribution < -0.4 is 0 Å². The molecule has 0 aliphatic heterocycles. The summed E-state index contributed by atoms with van der Waals surface area (Å²) in [6.45, 7) is 8.25. The summed E-state index contributed by atoms with van der Waals surface area (Å²) in [5.41, 5.74) is 1.28. The van der Waals surface area contributed by atoms with Gasteiger partial charge in [-0.05, 0) is 63.6 Å². The van der Waals surface area contributed by atoms with E-state index in [0.717, 1.165) is 33.2 Å². The molecule has 0 aliphatic rings. The van der Waals surface area contributed by atoms with E-state index in [9.17, 15) is 9.59 Å². The first-order valence-electron chi connectivity index (χ1n) is 8.25. The zero-order valence-electron chi connectivity index (χ0n) is 15.5. The molecule has 0 atom stereocenters. The molecule has 8 heteroatoms. The second-order valence-electron chi connectivity index (χ2n) is 6.47. The van der Waals surface area contributed by atoms with Gasteiger partial charge in [0.05, 0.1) is 9.75 Å². The van der Waals surface area contributed by atoms with E-state index in [1.165, 1.54) is 28.2 Å². The summed E-state index contributed by atoms with van der Waals surface area (Å²) in [5.74, 6) is 1.05. The molecule has 0 spiro atoms. The smallest absolute Gasteiger partial charge is 0.427 e. The topological polar surface area (TPSA) is 74.6 Å². The van der Waals surface area contributed by atoms with Crippen LogP contribution in [-0.2, 0) is 6.42 Å². The predicted molar refractivity (Wildman–Crippen MR) is 115 cm³/mol. The third kappa shape index (κ3) is 13.4. The van der Waals surface area contributed by atoms with Crippen LogP contribution >= 0.6 is 38.6 Å². The molecule has 0 saturated heterocycles. The van der Waals surface area contributed by atoms with Crippen LogP contribution in [0.25, 0.3) is 0 Å². The van der Waals surface area contributed by atoms with Crippen molar-refractivity contribution in [3.05, 3.63) is 42.7 Å². The Bertz CT molecular complexity index is 633. The fourth-order valence-corrected chi connectivity index (χ4v) is 3.82. The predicted octanol–water partition coefficient (Wildman–Crippen LogP) is 5.20. The van der Waals surface area contributed by atoms with Crippen LogP contribution in [0.5, 0.6) is 0 Å². The highest BCUT2D eigenvalue weighted by atomic mass is 79.9. The van der Waals surface area contributed by atoms with Gasteiger partial charge in [-0.15, -0.1) is 22.7 Å². The SMILES string of the molecule is CC(C)CB(O)O.CC(C)Cc1csc(C=O)c1.O=Cc1cc(Br)cs1. The molecule has 2 heterocycles. The Kier molecular flexibility index (Phi) is 13.8. The number of hydrogen-bond donors (Lipinski definition) is 2. The molecule has 0 radical (unpaired) electrons. The van der Waals surface area contributed by atoms with Crippen molar-refractivity contribution >= 4 is 58.3 Å². The van der Waals surface area contributed by atoms with E-state index in [1.807, 2.05) is 25.3 Å². The van der Waals surface area contributed by atoms with Gasteiger partial charge in [0, 0.05) is 9.85 Å². The van der Waals surface area contributed by atoms with Gasteiger partial charge < -0.3 is 10.0 Å². The largest absolute Gasteiger partial charge is 0.451 e. The van der Waals surface area contributed by atoms with Crippen LogP contribution in [0.3, 0.4) is 0 Å². The molecule has 2 rings (SSSR count). The van der Waals surface area contributed by atoms with E-state index in [2.05, 4.69) is 35.2 Å². The maximum Gasteiger partial charge on any atom is 0.451 e. The molecule has 4 nitrogen and oxygen atoms in total. The number of carbonyl (C=O) groups is 2. The van der Waals surface area contributed by atoms with Crippen molar-refractivity contribution in [1.82, 2.24) is 0 Å². The van der Waals surface area contributed by atoms with E-state index in [-0.39, 0.29) is 0 Å². The Morgan fingerprint density at radius 1 is 1.00 bits per heavy atom. The first-order chi connectivity index (χ1) is 12.2. The van der Waals surface area contributed by atoms with Crippen LogP contribution in [0.4, 0.5) is 0 Å². The van der Waals surface area contributed by atoms with E-state index < -0.39 is 7.12 Å². The fraction of sp³-hybridized carbons (Fsp3) is 0.444. The number of hydrogen-bond acceptors (Lipinski definition) is 6. The van der Waals surface area contributed by atoms with Crippen molar-refractivity contribution < 1.29 is 19.6 Å². The third-order valence-corrected chi connectivity index (χ3v) is 5.35. The Morgan fingerprint density at radius 3 is 1.81 bits per heavy atom. The van der Waals surface area contributed by atoms with Crippen LogP contribution in [0.15, 0.2) is 27.4 Å². The quantitative estimate of drug-likeness (QED) is 0.459. The first-order valence-corrected chi connectivity index (χ1v) is 10.8. The van der Waals surface area contributed by atoms with Gasteiger partial charge in [0.15, 0.2) is 12.6 Å². The molecule has 0 aliphatic carbocycles. The molecule has 0 amide bonds. The van der Waals surface area contributed by atoms with Gasteiger partial charge in [-0.3, -0.25) is 9.59 Å². The summed E-state index contributed by atoms with van der Waals surface area (Å²) in [6.07, 6.45) is 3.30. The second kappa shape index (κ2) is 14.3. The normalized spacial score (nSPS) is 9.88. The van der Waals surface area contributed by atoms with Crippen molar-refractivity contribution in [3.8, 4) is 0 Å². The zero-order valence-corrected chi connectivity index (χ0v) is 18.7. The van der Waals surface area contributed by atoms with Crippen LogP contribution in [0.1, 0.15) is 52.6 Å². The molecule has 26 heavy (non-hydrogen) atoms. The fourth-order valence-electron chi connectivity index (χ4n) is 1.85. The lowest BCUT2D eigenvalue weighted by molar-refractivity contribution is 0.111. The summed E-state index contributed by atoms with van der Waals surface area (Å²) >= 11 is 6.18. The Morgan fingerprint density at radius 2 is 1.54 bits per heavy atom. The second-order valence-corrected chi connectivity index (χ2v) is 9.27. The van der Waals surface area contributed by atoms with Gasteiger partial charge >= 0.3 is 7.12 Å². The van der Waals surface area contributed by atoms with Crippen LogP contribution in [0.2, 0.25) is 6.32 Å². The summed E-state index contributed by atoms with van der Waals surface area (Å²) in [7, 11) is -1.13. The first kappa shape index (κ1) is 25.2. The lowest BCUT2D eigenvalue weighted by Crippen LogP contribution is -2.12.